The third-order valence-corrected chi connectivity index (χ3v) is 20.7. The highest BCUT2D eigenvalue weighted by molar-refractivity contribution is 6.74. The summed E-state index contributed by atoms with van der Waals surface area (Å²) in [7, 11) is -2.44. The van der Waals surface area contributed by atoms with Gasteiger partial charge in [0.05, 0.1) is 13.2 Å². The van der Waals surface area contributed by atoms with Crippen molar-refractivity contribution in [1.82, 2.24) is 0 Å². The zero-order chi connectivity index (χ0) is 30.9. The maximum atomic E-state index is 11.7. The van der Waals surface area contributed by atoms with E-state index in [1.807, 2.05) is 0 Å². The molecule has 0 saturated heterocycles. The highest BCUT2D eigenvalue weighted by Gasteiger charge is 2.56. The van der Waals surface area contributed by atoms with Crippen LogP contribution >= 0.6 is 0 Å². The van der Waals surface area contributed by atoms with Gasteiger partial charge in [-0.15, -0.1) is 0 Å². The molecule has 0 heterocycles. The minimum absolute atomic E-state index is 0.0213. The number of allylic oxidation sites excluding steroid dienone is 2. The summed E-state index contributed by atoms with van der Waals surface area (Å²) in [4.78, 5) is 11.7. The van der Waals surface area contributed by atoms with Crippen molar-refractivity contribution >= 4 is 22.6 Å². The molecule has 41 heavy (non-hydrogen) atoms. The number of esters is 1. The topological polar surface area (TPSA) is 44.8 Å². The molecule has 3 aliphatic carbocycles. The first-order valence-corrected chi connectivity index (χ1v) is 22.3. The summed E-state index contributed by atoms with van der Waals surface area (Å²) in [5.74, 6) is 8.88. The normalized spacial score (nSPS) is 29.7. The number of hydrogen-bond donors (Lipinski definition) is 0. The summed E-state index contributed by atoms with van der Waals surface area (Å²) in [6.07, 6.45) is 13.4. The highest BCUT2D eigenvalue weighted by Crippen LogP contribution is 2.62. The van der Waals surface area contributed by atoms with Crippen LogP contribution in [0.5, 0.6) is 0 Å². The fraction of sp³-hybridized carbons (Fsp3) is 0.857. The number of ether oxygens (including phenoxy) is 1. The summed E-state index contributed by atoms with van der Waals surface area (Å²) in [6.45, 7) is 26.0. The van der Waals surface area contributed by atoms with E-state index in [1.54, 1.807) is 0 Å². The molecular formula is C35H62O4Si2. The third kappa shape index (κ3) is 7.99. The van der Waals surface area contributed by atoms with Crippen LogP contribution in [0.4, 0.5) is 0 Å². The second-order valence-electron chi connectivity index (χ2n) is 16.5. The molecule has 1 unspecified atom stereocenters. The van der Waals surface area contributed by atoms with Gasteiger partial charge in [0.25, 0.3) is 0 Å². The van der Waals surface area contributed by atoms with Crippen molar-refractivity contribution in [2.45, 2.75) is 161 Å². The molecule has 0 radical (unpaired) electrons. The van der Waals surface area contributed by atoms with Gasteiger partial charge in [0, 0.05) is 12.3 Å². The van der Waals surface area contributed by atoms with Gasteiger partial charge < -0.3 is 13.6 Å². The van der Waals surface area contributed by atoms with Gasteiger partial charge in [-0.3, -0.25) is 4.79 Å². The molecule has 3 saturated carbocycles. The Morgan fingerprint density at radius 1 is 1.00 bits per heavy atom. The van der Waals surface area contributed by atoms with Crippen molar-refractivity contribution in [2.75, 3.05) is 7.11 Å². The molecule has 0 aromatic carbocycles. The Balaban J connectivity index is 1.94. The SMILES string of the molecule is COC(=O)CCC=C1C[C@H]2[C@H](C#CC(O[Si](C)(C)C(C)(C)C)C3CCCCC3)[C@@H](O[Si](C)(C)C(C)(C)C)CC[C@@]12C. The third-order valence-electron chi connectivity index (χ3n) is 11.7. The van der Waals surface area contributed by atoms with E-state index in [4.69, 9.17) is 13.6 Å². The molecule has 0 aromatic heterocycles. The van der Waals surface area contributed by atoms with Crippen LogP contribution in [-0.2, 0) is 18.4 Å². The van der Waals surface area contributed by atoms with Crippen LogP contribution < -0.4 is 0 Å². The van der Waals surface area contributed by atoms with E-state index in [0.717, 1.165) is 25.7 Å². The molecule has 0 amide bonds. The summed E-state index contributed by atoms with van der Waals surface area (Å²) >= 11 is 0. The maximum absolute atomic E-state index is 11.7. The van der Waals surface area contributed by atoms with Gasteiger partial charge in [0.2, 0.25) is 0 Å². The number of rotatable bonds is 8. The van der Waals surface area contributed by atoms with Crippen LogP contribution in [0.2, 0.25) is 36.3 Å². The van der Waals surface area contributed by atoms with E-state index in [-0.39, 0.29) is 39.6 Å². The van der Waals surface area contributed by atoms with Crippen LogP contribution in [0.1, 0.15) is 113 Å². The minimum atomic E-state index is -1.96. The number of carbonyl (C=O) groups is 1. The van der Waals surface area contributed by atoms with Crippen molar-refractivity contribution in [1.29, 1.82) is 0 Å². The molecule has 0 bridgehead atoms. The van der Waals surface area contributed by atoms with Gasteiger partial charge in [-0.2, -0.15) is 0 Å². The zero-order valence-corrected chi connectivity index (χ0v) is 30.7. The van der Waals surface area contributed by atoms with Crippen molar-refractivity contribution in [3.63, 3.8) is 0 Å². The van der Waals surface area contributed by atoms with Gasteiger partial charge in [-0.25, -0.2) is 0 Å². The smallest absolute Gasteiger partial charge is 0.305 e. The lowest BCUT2D eigenvalue weighted by Crippen LogP contribution is -2.55. The first kappa shape index (κ1) is 34.6. The molecule has 0 N–H and O–H groups in total. The summed E-state index contributed by atoms with van der Waals surface area (Å²) in [5.41, 5.74) is 1.65. The van der Waals surface area contributed by atoms with Crippen molar-refractivity contribution < 1.29 is 18.4 Å². The minimum Gasteiger partial charge on any atom is -0.469 e. The Labute approximate surface area is 255 Å². The molecular weight excluding hydrogens is 541 g/mol. The van der Waals surface area contributed by atoms with Crippen LogP contribution in [0.15, 0.2) is 11.6 Å². The van der Waals surface area contributed by atoms with Crippen molar-refractivity contribution in [3.05, 3.63) is 11.6 Å². The number of fused-ring (bicyclic) bond motifs is 1. The van der Waals surface area contributed by atoms with E-state index in [0.29, 0.717) is 18.3 Å². The predicted molar refractivity (Wildman–Crippen MR) is 177 cm³/mol. The molecule has 234 valence electrons. The maximum Gasteiger partial charge on any atom is 0.305 e. The zero-order valence-electron chi connectivity index (χ0n) is 28.7. The Bertz CT molecular complexity index is 1000. The lowest BCUT2D eigenvalue weighted by molar-refractivity contribution is -0.140. The molecule has 3 aliphatic rings. The van der Waals surface area contributed by atoms with Crippen LogP contribution in [0.25, 0.3) is 0 Å². The molecule has 3 fully saturated rings. The van der Waals surface area contributed by atoms with Gasteiger partial charge in [-0.05, 0) is 92.0 Å². The highest BCUT2D eigenvalue weighted by atomic mass is 28.4. The van der Waals surface area contributed by atoms with E-state index in [9.17, 15) is 4.79 Å². The van der Waals surface area contributed by atoms with Gasteiger partial charge in [0.1, 0.15) is 6.10 Å². The van der Waals surface area contributed by atoms with E-state index in [2.05, 4.69) is 92.6 Å². The van der Waals surface area contributed by atoms with Crippen LogP contribution in [0, 0.1) is 35.0 Å². The Morgan fingerprint density at radius 2 is 1.61 bits per heavy atom. The Hall–Kier alpha value is -0.876. The van der Waals surface area contributed by atoms with Gasteiger partial charge >= 0.3 is 5.97 Å². The van der Waals surface area contributed by atoms with Crippen molar-refractivity contribution in [3.8, 4) is 11.8 Å². The molecule has 0 spiro atoms. The largest absolute Gasteiger partial charge is 0.469 e. The lowest BCUT2D eigenvalue weighted by Gasteiger charge is -2.58. The number of carbonyl (C=O) groups excluding carboxylic acids is 1. The quantitative estimate of drug-likeness (QED) is 0.120. The second kappa shape index (κ2) is 13.0. The van der Waals surface area contributed by atoms with E-state index >= 15 is 0 Å². The molecule has 0 aliphatic heterocycles. The molecule has 0 aromatic rings. The fourth-order valence-corrected chi connectivity index (χ4v) is 9.18. The average Bonchev–Trinajstić information content (AvgIpc) is 2.86. The number of methoxy groups -OCH3 is 1. The van der Waals surface area contributed by atoms with Gasteiger partial charge in [0.15, 0.2) is 16.6 Å². The standard InChI is InChI=1S/C35H62O4Si2/c1-33(2,3)40(9,10)38-30(26-17-14-13-15-18-26)22-21-28-29-25-27(19-16-20-32(36)37-8)35(29,7)24-23-31(28)39-41(11,12)34(4,5)6/h19,26,28-31H,13-18,20,23-25H2,1-12H3/t28-,29-,30?,31-,35-/m0/s1. The van der Waals surface area contributed by atoms with E-state index < -0.39 is 16.6 Å². The fourth-order valence-electron chi connectivity index (χ4n) is 6.57. The Kier molecular flexibility index (Phi) is 11.0. The first-order chi connectivity index (χ1) is 18.8. The summed E-state index contributed by atoms with van der Waals surface area (Å²) in [6, 6.07) is 0. The lowest BCUT2D eigenvalue weighted by atomic mass is 9.48. The predicted octanol–water partition coefficient (Wildman–Crippen LogP) is 9.67. The van der Waals surface area contributed by atoms with Crippen LogP contribution in [0.3, 0.4) is 0 Å². The second-order valence-corrected chi connectivity index (χ2v) is 26.1. The first-order valence-electron chi connectivity index (χ1n) is 16.5. The molecule has 6 heteroatoms. The van der Waals surface area contributed by atoms with Crippen LogP contribution in [-0.4, -0.2) is 41.9 Å². The van der Waals surface area contributed by atoms with Crippen molar-refractivity contribution in [2.24, 2.45) is 23.2 Å². The van der Waals surface area contributed by atoms with Gasteiger partial charge in [-0.1, -0.05) is 91.2 Å². The Morgan fingerprint density at radius 3 is 2.17 bits per heavy atom. The number of hydrogen-bond acceptors (Lipinski definition) is 4. The monoisotopic (exact) mass is 602 g/mol. The van der Waals surface area contributed by atoms with E-state index in [1.165, 1.54) is 44.8 Å². The molecule has 5 atom stereocenters. The summed E-state index contributed by atoms with van der Waals surface area (Å²) in [5, 5.41) is 0.331. The average molecular weight is 603 g/mol. The summed E-state index contributed by atoms with van der Waals surface area (Å²) < 4.78 is 19.2. The molecule has 3 rings (SSSR count). The molecule has 4 nitrogen and oxygen atoms in total.